The summed E-state index contributed by atoms with van der Waals surface area (Å²) in [7, 11) is 1.85. The summed E-state index contributed by atoms with van der Waals surface area (Å²) in [5.74, 6) is -0.720. The molecule has 0 spiro atoms. The Hall–Kier alpha value is -1.88. The molecule has 1 aliphatic heterocycles. The van der Waals surface area contributed by atoms with Crippen molar-refractivity contribution in [3.63, 3.8) is 0 Å². The van der Waals surface area contributed by atoms with E-state index in [4.69, 9.17) is 5.11 Å². The van der Waals surface area contributed by atoms with Crippen molar-refractivity contribution in [2.24, 2.45) is 0 Å². The summed E-state index contributed by atoms with van der Waals surface area (Å²) in [5.41, 5.74) is 2.22. The van der Waals surface area contributed by atoms with E-state index in [1.54, 1.807) is 0 Å². The zero-order valence-electron chi connectivity index (χ0n) is 12.6. The highest BCUT2D eigenvalue weighted by atomic mass is 16.4. The van der Waals surface area contributed by atoms with Gasteiger partial charge in [0.2, 0.25) is 5.91 Å². The van der Waals surface area contributed by atoms with Gasteiger partial charge in [-0.15, -0.1) is 0 Å². The molecule has 0 fully saturated rings. The normalized spacial score (nSPS) is 17.1. The molecule has 1 aromatic rings. The second kappa shape index (κ2) is 6.72. The van der Waals surface area contributed by atoms with Crippen molar-refractivity contribution in [2.75, 3.05) is 25.0 Å². The maximum absolute atomic E-state index is 12.5. The lowest BCUT2D eigenvalue weighted by Gasteiger charge is -2.25. The number of rotatable bonds is 6. The predicted molar refractivity (Wildman–Crippen MR) is 81.5 cm³/mol. The second-order valence-corrected chi connectivity index (χ2v) is 5.68. The van der Waals surface area contributed by atoms with Crippen LogP contribution in [0, 0.1) is 0 Å². The van der Waals surface area contributed by atoms with Gasteiger partial charge in [0.15, 0.2) is 0 Å². The molecule has 1 amide bonds. The zero-order valence-corrected chi connectivity index (χ0v) is 12.6. The highest BCUT2D eigenvalue weighted by Gasteiger charge is 2.30. The molecular weight excluding hydrogens is 268 g/mol. The highest BCUT2D eigenvalue weighted by Crippen LogP contribution is 2.31. The number of likely N-dealkylation sites (N-methyl/N-ethyl adjacent to an activating group) is 1. The number of benzene rings is 1. The molecular formula is C16H22N2O3. The topological polar surface area (TPSA) is 60.9 Å². The van der Waals surface area contributed by atoms with Gasteiger partial charge in [0, 0.05) is 18.2 Å². The minimum atomic E-state index is -0.795. The number of amides is 1. The molecule has 1 aromatic carbocycles. The van der Waals surface area contributed by atoms with Crippen LogP contribution < -0.4 is 4.90 Å². The van der Waals surface area contributed by atoms with Gasteiger partial charge in [-0.2, -0.15) is 0 Å². The van der Waals surface area contributed by atoms with Crippen LogP contribution in [0.1, 0.15) is 25.3 Å². The van der Waals surface area contributed by atoms with E-state index < -0.39 is 5.97 Å². The summed E-state index contributed by atoms with van der Waals surface area (Å²) in [6.45, 7) is 2.99. The lowest BCUT2D eigenvalue weighted by Crippen LogP contribution is -2.42. The Bertz CT molecular complexity index is 530. The molecule has 1 heterocycles. The number of carbonyl (C=O) groups is 2. The van der Waals surface area contributed by atoms with E-state index in [0.717, 1.165) is 12.1 Å². The average molecular weight is 290 g/mol. The number of carboxylic acid groups (broad SMARTS) is 1. The Kier molecular flexibility index (Phi) is 4.96. The Morgan fingerprint density at radius 2 is 2.10 bits per heavy atom. The van der Waals surface area contributed by atoms with Gasteiger partial charge in [-0.1, -0.05) is 18.2 Å². The molecule has 0 radical (unpaired) electrons. The van der Waals surface area contributed by atoms with Gasteiger partial charge in [-0.05, 0) is 45.0 Å². The van der Waals surface area contributed by atoms with Crippen LogP contribution in [0.4, 0.5) is 5.69 Å². The third kappa shape index (κ3) is 3.82. The molecule has 21 heavy (non-hydrogen) atoms. The van der Waals surface area contributed by atoms with E-state index in [2.05, 4.69) is 13.0 Å². The summed E-state index contributed by atoms with van der Waals surface area (Å²) < 4.78 is 0. The van der Waals surface area contributed by atoms with E-state index >= 15 is 0 Å². The second-order valence-electron chi connectivity index (χ2n) is 5.68. The molecule has 114 valence electrons. The molecule has 1 aliphatic rings. The van der Waals surface area contributed by atoms with E-state index in [1.807, 2.05) is 35.0 Å². The van der Waals surface area contributed by atoms with Crippen molar-refractivity contribution in [1.82, 2.24) is 4.90 Å². The smallest absolute Gasteiger partial charge is 0.303 e. The Balaban J connectivity index is 1.93. The monoisotopic (exact) mass is 290 g/mol. The van der Waals surface area contributed by atoms with Gasteiger partial charge in [0.05, 0.1) is 6.54 Å². The summed E-state index contributed by atoms with van der Waals surface area (Å²) in [4.78, 5) is 26.7. The molecule has 1 N–H and O–H groups in total. The number of hydrogen-bond acceptors (Lipinski definition) is 3. The average Bonchev–Trinajstić information content (AvgIpc) is 2.73. The zero-order chi connectivity index (χ0) is 15.4. The van der Waals surface area contributed by atoms with Crippen LogP contribution in [0.25, 0.3) is 0 Å². The van der Waals surface area contributed by atoms with E-state index in [-0.39, 0.29) is 18.4 Å². The van der Waals surface area contributed by atoms with E-state index in [0.29, 0.717) is 19.5 Å². The van der Waals surface area contributed by atoms with Crippen LogP contribution in [0.3, 0.4) is 0 Å². The summed E-state index contributed by atoms with van der Waals surface area (Å²) in [6, 6.07) is 8.18. The fraction of sp³-hybridized carbons (Fsp3) is 0.500. The number of aliphatic carboxylic acids is 1. The van der Waals surface area contributed by atoms with E-state index in [9.17, 15) is 9.59 Å². The number of fused-ring (bicyclic) bond motifs is 1. The van der Waals surface area contributed by atoms with Gasteiger partial charge in [-0.25, -0.2) is 0 Å². The first-order valence-corrected chi connectivity index (χ1v) is 7.29. The van der Waals surface area contributed by atoms with E-state index in [1.165, 1.54) is 5.56 Å². The van der Waals surface area contributed by atoms with Crippen LogP contribution in [-0.2, 0) is 16.0 Å². The van der Waals surface area contributed by atoms with Crippen LogP contribution in [0.15, 0.2) is 24.3 Å². The molecule has 5 nitrogen and oxygen atoms in total. The standard InChI is InChI=1S/C16H22N2O3/c1-12-10-13-6-3-4-7-14(13)18(12)15(19)11-17(2)9-5-8-16(20)21/h3-4,6-7,12H,5,8-11H2,1-2H3,(H,20,21). The molecule has 0 aromatic heterocycles. The SMILES string of the molecule is CC1Cc2ccccc2N1C(=O)CN(C)CCCC(=O)O. The minimum absolute atomic E-state index is 0.0743. The summed E-state index contributed by atoms with van der Waals surface area (Å²) in [6.07, 6.45) is 1.59. The Labute approximate surface area is 125 Å². The number of anilines is 1. The van der Waals surface area contributed by atoms with Crippen molar-refractivity contribution < 1.29 is 14.7 Å². The van der Waals surface area contributed by atoms with Crippen LogP contribution in [-0.4, -0.2) is 48.1 Å². The Morgan fingerprint density at radius 3 is 2.81 bits per heavy atom. The van der Waals surface area contributed by atoms with Gasteiger partial charge < -0.3 is 10.0 Å². The number of para-hydroxylation sites is 1. The van der Waals surface area contributed by atoms with Gasteiger partial charge in [0.25, 0.3) is 0 Å². The van der Waals surface area contributed by atoms with Crippen LogP contribution in [0.2, 0.25) is 0 Å². The third-order valence-corrected chi connectivity index (χ3v) is 3.81. The molecule has 2 rings (SSSR count). The maximum Gasteiger partial charge on any atom is 0.303 e. The molecule has 0 saturated carbocycles. The fourth-order valence-electron chi connectivity index (χ4n) is 2.83. The lowest BCUT2D eigenvalue weighted by molar-refractivity contribution is -0.137. The minimum Gasteiger partial charge on any atom is -0.481 e. The Morgan fingerprint density at radius 1 is 1.38 bits per heavy atom. The van der Waals surface area contributed by atoms with Crippen molar-refractivity contribution in [2.45, 2.75) is 32.2 Å². The number of carbonyl (C=O) groups excluding carboxylic acids is 1. The maximum atomic E-state index is 12.5. The van der Waals surface area contributed by atoms with Crippen LogP contribution in [0.5, 0.6) is 0 Å². The quantitative estimate of drug-likeness (QED) is 0.867. The van der Waals surface area contributed by atoms with Crippen LogP contribution >= 0.6 is 0 Å². The summed E-state index contributed by atoms with van der Waals surface area (Å²) >= 11 is 0. The molecule has 0 aliphatic carbocycles. The first-order chi connectivity index (χ1) is 9.99. The largest absolute Gasteiger partial charge is 0.481 e. The van der Waals surface area contributed by atoms with Crippen molar-refractivity contribution in [3.05, 3.63) is 29.8 Å². The number of hydrogen-bond donors (Lipinski definition) is 1. The molecule has 5 heteroatoms. The van der Waals surface area contributed by atoms with Gasteiger partial charge in [0.1, 0.15) is 0 Å². The van der Waals surface area contributed by atoms with Crippen molar-refractivity contribution in [3.8, 4) is 0 Å². The molecule has 0 saturated heterocycles. The number of carboxylic acids is 1. The highest BCUT2D eigenvalue weighted by molar-refractivity contribution is 5.97. The predicted octanol–water partition coefficient (Wildman–Crippen LogP) is 1.76. The number of nitrogens with zero attached hydrogens (tertiary/aromatic N) is 2. The first-order valence-electron chi connectivity index (χ1n) is 7.29. The first kappa shape index (κ1) is 15.5. The molecule has 1 unspecified atom stereocenters. The third-order valence-electron chi connectivity index (χ3n) is 3.81. The molecule has 1 atom stereocenters. The van der Waals surface area contributed by atoms with Gasteiger partial charge in [-0.3, -0.25) is 14.5 Å². The molecule has 0 bridgehead atoms. The summed E-state index contributed by atoms with van der Waals surface area (Å²) in [5, 5.41) is 8.63. The van der Waals surface area contributed by atoms with Gasteiger partial charge >= 0.3 is 5.97 Å². The fourth-order valence-corrected chi connectivity index (χ4v) is 2.83. The lowest BCUT2D eigenvalue weighted by atomic mass is 10.1. The van der Waals surface area contributed by atoms with Crippen molar-refractivity contribution in [1.29, 1.82) is 0 Å². The van der Waals surface area contributed by atoms with Crippen molar-refractivity contribution >= 4 is 17.6 Å².